The van der Waals surface area contributed by atoms with Gasteiger partial charge in [-0.2, -0.15) is 0 Å². The minimum atomic E-state index is -1.52. The maximum absolute atomic E-state index is 14.3. The van der Waals surface area contributed by atoms with E-state index in [2.05, 4.69) is 17.6 Å². The van der Waals surface area contributed by atoms with E-state index in [1.54, 1.807) is 24.3 Å². The number of hydrogen-bond acceptors (Lipinski definition) is 9. The van der Waals surface area contributed by atoms with Crippen molar-refractivity contribution in [1.29, 1.82) is 0 Å². The molecule has 0 spiro atoms. The zero-order chi connectivity index (χ0) is 39.8. The average Bonchev–Trinajstić information content (AvgIpc) is 3.12. The highest BCUT2D eigenvalue weighted by molar-refractivity contribution is 5.95. The van der Waals surface area contributed by atoms with E-state index in [1.165, 1.54) is 55.1 Å². The second-order valence-corrected chi connectivity index (χ2v) is 14.2. The van der Waals surface area contributed by atoms with E-state index in [9.17, 15) is 44.4 Å². The van der Waals surface area contributed by atoms with Crippen LogP contribution in [0.4, 0.5) is 0 Å². The molecule has 0 unspecified atom stereocenters. The molecule has 0 aliphatic rings. The van der Waals surface area contributed by atoms with Gasteiger partial charge in [0, 0.05) is 33.0 Å². The third kappa shape index (κ3) is 14.3. The Morgan fingerprint density at radius 2 is 1.23 bits per heavy atom. The van der Waals surface area contributed by atoms with Crippen LogP contribution in [0.2, 0.25) is 0 Å². The summed E-state index contributed by atoms with van der Waals surface area (Å²) in [6, 6.07) is 6.29. The third-order valence-electron chi connectivity index (χ3n) is 9.31. The molecule has 4 amide bonds. The van der Waals surface area contributed by atoms with Crippen LogP contribution in [-0.4, -0.2) is 110 Å². The number of benzene rings is 2. The first-order chi connectivity index (χ1) is 25.0. The first kappa shape index (κ1) is 44.5. The molecule has 2 aromatic carbocycles. The molecule has 0 saturated heterocycles. The Morgan fingerprint density at radius 3 is 1.74 bits per heavy atom. The normalized spacial score (nSPS) is 14.7. The number of aliphatic hydroxyl groups is 1. The molecule has 2 rings (SSSR count). The van der Waals surface area contributed by atoms with E-state index >= 15 is 0 Å². The Morgan fingerprint density at radius 1 is 0.717 bits per heavy atom. The molecule has 53 heavy (non-hydrogen) atoms. The molecule has 0 bridgehead atoms. The predicted molar refractivity (Wildman–Crippen MR) is 201 cm³/mol. The Kier molecular flexibility index (Phi) is 18.2. The molecular formula is C39H59N5O9. The summed E-state index contributed by atoms with van der Waals surface area (Å²) in [5.41, 5.74) is 7.21. The SMILES string of the molecule is CCCCCCC[C@@H](N)[C@H](O)C(=O)N[C@@H](C)C(=O)N(C)[C@H](CC(C)C)C(=O)N(C)[C@H](Cc1ccc(O)cc1)C(=O)N[C@H](Cc1ccc(O)cc1)C(=O)O. The molecule has 0 heterocycles. The van der Waals surface area contributed by atoms with Crippen LogP contribution in [0.5, 0.6) is 11.5 Å². The number of phenols is 2. The van der Waals surface area contributed by atoms with Gasteiger partial charge < -0.3 is 46.6 Å². The van der Waals surface area contributed by atoms with Crippen molar-refractivity contribution in [2.75, 3.05) is 14.1 Å². The molecule has 294 valence electrons. The van der Waals surface area contributed by atoms with Crippen molar-refractivity contribution < 1.29 is 44.4 Å². The standard InChI is InChI=1S/C39H59N5O9/c1-7-8-9-10-11-12-30(40)34(47)36(49)41-25(4)37(50)44(6)33(21-24(2)3)38(51)43(5)32(23-27-15-19-29(46)20-16-27)35(48)42-31(39(52)53)22-26-13-17-28(45)18-14-26/h13-20,24-25,30-34,45-47H,7-12,21-23,40H2,1-6H3,(H,41,49)(H,42,48)(H,52,53)/t25-,30+,31+,32+,33+,34-/m0/s1. The minimum Gasteiger partial charge on any atom is -0.508 e. The van der Waals surface area contributed by atoms with Crippen LogP contribution >= 0.6 is 0 Å². The third-order valence-corrected chi connectivity index (χ3v) is 9.31. The van der Waals surface area contributed by atoms with Gasteiger partial charge >= 0.3 is 5.97 Å². The lowest BCUT2D eigenvalue weighted by Gasteiger charge is -2.36. The monoisotopic (exact) mass is 741 g/mol. The summed E-state index contributed by atoms with van der Waals surface area (Å²) in [6.07, 6.45) is 3.90. The van der Waals surface area contributed by atoms with E-state index in [-0.39, 0.29) is 36.7 Å². The summed E-state index contributed by atoms with van der Waals surface area (Å²) in [5, 5.41) is 45.1. The highest BCUT2D eigenvalue weighted by Gasteiger charge is 2.38. The van der Waals surface area contributed by atoms with Gasteiger partial charge in [-0.05, 0) is 61.1 Å². The number of nitrogens with two attached hydrogens (primary N) is 1. The molecule has 6 atom stereocenters. The second-order valence-electron chi connectivity index (χ2n) is 14.2. The van der Waals surface area contributed by atoms with Gasteiger partial charge in [0.05, 0.1) is 0 Å². The van der Waals surface area contributed by atoms with Crippen molar-refractivity contribution in [3.63, 3.8) is 0 Å². The Labute approximate surface area is 312 Å². The van der Waals surface area contributed by atoms with Crippen molar-refractivity contribution in [3.05, 3.63) is 59.7 Å². The quantitative estimate of drug-likeness (QED) is 0.0875. The number of nitrogens with zero attached hydrogens (tertiary/aromatic N) is 2. The second kappa shape index (κ2) is 21.7. The van der Waals surface area contributed by atoms with Gasteiger partial charge in [0.1, 0.15) is 41.8 Å². The summed E-state index contributed by atoms with van der Waals surface area (Å²) >= 11 is 0. The fraction of sp³-hybridized carbons (Fsp3) is 0.564. The molecule has 0 aliphatic heterocycles. The predicted octanol–water partition coefficient (Wildman–Crippen LogP) is 2.71. The summed E-state index contributed by atoms with van der Waals surface area (Å²) in [6.45, 7) is 7.29. The lowest BCUT2D eigenvalue weighted by atomic mass is 9.98. The van der Waals surface area contributed by atoms with Crippen LogP contribution in [0.1, 0.15) is 83.8 Å². The number of amides is 4. The lowest BCUT2D eigenvalue weighted by Crippen LogP contribution is -2.59. The maximum atomic E-state index is 14.3. The highest BCUT2D eigenvalue weighted by Crippen LogP contribution is 2.20. The Balaban J connectivity index is 2.29. The van der Waals surface area contributed by atoms with Gasteiger partial charge in [0.25, 0.3) is 5.91 Å². The van der Waals surface area contributed by atoms with Crippen LogP contribution in [0.25, 0.3) is 0 Å². The molecule has 14 heteroatoms. The van der Waals surface area contributed by atoms with Crippen LogP contribution < -0.4 is 16.4 Å². The Bertz CT molecular complexity index is 1490. The van der Waals surface area contributed by atoms with E-state index in [0.717, 1.165) is 32.1 Å². The summed E-state index contributed by atoms with van der Waals surface area (Å²) in [5.74, 6) is -4.15. The number of aliphatic carboxylic acids is 1. The van der Waals surface area contributed by atoms with Crippen LogP contribution in [0.15, 0.2) is 48.5 Å². The van der Waals surface area contributed by atoms with Gasteiger partial charge in [-0.25, -0.2) is 4.79 Å². The molecule has 0 radical (unpaired) electrons. The fourth-order valence-electron chi connectivity index (χ4n) is 6.01. The smallest absolute Gasteiger partial charge is 0.326 e. The summed E-state index contributed by atoms with van der Waals surface area (Å²) in [4.78, 5) is 69.4. The van der Waals surface area contributed by atoms with Crippen molar-refractivity contribution in [2.24, 2.45) is 11.7 Å². The van der Waals surface area contributed by atoms with Crippen LogP contribution in [-0.2, 0) is 36.8 Å². The molecular weight excluding hydrogens is 682 g/mol. The largest absolute Gasteiger partial charge is 0.508 e. The number of carbonyl (C=O) groups excluding carboxylic acids is 4. The number of rotatable bonds is 22. The van der Waals surface area contributed by atoms with Gasteiger partial charge in [0.15, 0.2) is 0 Å². The molecule has 0 saturated carbocycles. The van der Waals surface area contributed by atoms with E-state index in [4.69, 9.17) is 5.73 Å². The number of carboxylic acids is 1. The first-order valence-corrected chi connectivity index (χ1v) is 18.3. The number of carboxylic acid groups (broad SMARTS) is 1. The van der Waals surface area contributed by atoms with Crippen molar-refractivity contribution in [2.45, 2.75) is 122 Å². The number of aromatic hydroxyl groups is 2. The topological polar surface area (TPSA) is 223 Å². The number of nitrogens with one attached hydrogen (secondary N) is 2. The van der Waals surface area contributed by atoms with E-state index in [1.807, 2.05) is 13.8 Å². The van der Waals surface area contributed by atoms with Gasteiger partial charge in [-0.15, -0.1) is 0 Å². The van der Waals surface area contributed by atoms with Crippen LogP contribution in [0, 0.1) is 5.92 Å². The van der Waals surface area contributed by atoms with Gasteiger partial charge in [-0.1, -0.05) is 77.1 Å². The van der Waals surface area contributed by atoms with Crippen molar-refractivity contribution in [3.8, 4) is 11.5 Å². The molecule has 0 fully saturated rings. The zero-order valence-corrected chi connectivity index (χ0v) is 31.8. The fourth-order valence-corrected chi connectivity index (χ4v) is 6.01. The molecule has 0 aliphatic carbocycles. The molecule has 8 N–H and O–H groups in total. The Hall–Kier alpha value is -4.69. The average molecular weight is 742 g/mol. The number of carbonyl (C=O) groups is 5. The number of aliphatic hydroxyl groups excluding tert-OH is 1. The lowest BCUT2D eigenvalue weighted by molar-refractivity contribution is -0.150. The van der Waals surface area contributed by atoms with Gasteiger partial charge in [0.2, 0.25) is 17.7 Å². The maximum Gasteiger partial charge on any atom is 0.326 e. The molecule has 0 aromatic heterocycles. The van der Waals surface area contributed by atoms with Crippen molar-refractivity contribution >= 4 is 29.6 Å². The highest BCUT2D eigenvalue weighted by atomic mass is 16.4. The van der Waals surface area contributed by atoms with Crippen molar-refractivity contribution in [1.82, 2.24) is 20.4 Å². The summed E-state index contributed by atoms with van der Waals surface area (Å²) in [7, 11) is 2.83. The number of hydrogen-bond donors (Lipinski definition) is 7. The number of phenolic OH excluding ortho intramolecular Hbond substituents is 2. The van der Waals surface area contributed by atoms with Crippen LogP contribution in [0.3, 0.4) is 0 Å². The van der Waals surface area contributed by atoms with E-state index < -0.39 is 65.9 Å². The minimum absolute atomic E-state index is 0.000207. The number of likely N-dealkylation sites (N-methyl/N-ethyl adjacent to an activating group) is 2. The molecule has 2 aromatic rings. The van der Waals surface area contributed by atoms with Gasteiger partial charge in [-0.3, -0.25) is 19.2 Å². The summed E-state index contributed by atoms with van der Waals surface area (Å²) < 4.78 is 0. The molecule has 14 nitrogen and oxygen atoms in total. The zero-order valence-electron chi connectivity index (χ0n) is 31.8. The first-order valence-electron chi connectivity index (χ1n) is 18.3. The number of unbranched alkanes of at least 4 members (excludes halogenated alkanes) is 4. The van der Waals surface area contributed by atoms with E-state index in [0.29, 0.717) is 17.5 Å².